The number of ketones is 1. The predicted octanol–water partition coefficient (Wildman–Crippen LogP) is 4.06. The number of carbonyl (C=O) groups excluding carboxylic acids is 1. The van der Waals surface area contributed by atoms with Crippen LogP contribution in [0.5, 0.6) is 0 Å². The number of carbonyl (C=O) groups is 1. The van der Waals surface area contributed by atoms with Crippen molar-refractivity contribution in [3.05, 3.63) is 35.6 Å². The van der Waals surface area contributed by atoms with Gasteiger partial charge in [0.25, 0.3) is 0 Å². The van der Waals surface area contributed by atoms with Gasteiger partial charge in [-0.3, -0.25) is 4.79 Å². The second-order valence-electron chi connectivity index (χ2n) is 4.70. The van der Waals surface area contributed by atoms with Crippen molar-refractivity contribution in [3.8, 4) is 0 Å². The molecule has 1 aromatic rings. The summed E-state index contributed by atoms with van der Waals surface area (Å²) in [5.74, 6) is 0.862. The van der Waals surface area contributed by atoms with E-state index in [4.69, 9.17) is 0 Å². The predicted molar refractivity (Wildman–Crippen MR) is 69.9 cm³/mol. The Morgan fingerprint density at radius 3 is 2.29 bits per heavy atom. The molecular weight excluding hydrogens is 283 g/mol. The molecule has 0 amide bonds. The van der Waals surface area contributed by atoms with E-state index < -0.39 is 0 Å². The molecule has 3 heteroatoms. The van der Waals surface area contributed by atoms with Gasteiger partial charge in [-0.15, -0.1) is 0 Å². The smallest absolute Gasteiger partial charge is 0.146 e. The van der Waals surface area contributed by atoms with Crippen molar-refractivity contribution in [1.82, 2.24) is 0 Å². The van der Waals surface area contributed by atoms with Gasteiger partial charge in [0.2, 0.25) is 0 Å². The van der Waals surface area contributed by atoms with Gasteiger partial charge in [-0.05, 0) is 49.3 Å². The third-order valence-corrected chi connectivity index (χ3v) is 4.21. The quantitative estimate of drug-likeness (QED) is 0.769. The van der Waals surface area contributed by atoms with Crippen molar-refractivity contribution in [2.24, 2.45) is 5.92 Å². The van der Waals surface area contributed by atoms with Gasteiger partial charge in [-0.1, -0.05) is 28.1 Å². The molecule has 1 nitrogen and oxygen atoms in total. The molecule has 0 N–H and O–H groups in total. The van der Waals surface area contributed by atoms with Gasteiger partial charge in [0.1, 0.15) is 11.6 Å². The lowest BCUT2D eigenvalue weighted by Gasteiger charge is -2.27. The Hall–Kier alpha value is -0.700. The third kappa shape index (κ3) is 3.15. The first-order valence-corrected chi connectivity index (χ1v) is 7.17. The second kappa shape index (κ2) is 5.76. The Morgan fingerprint density at radius 2 is 1.76 bits per heavy atom. The normalized spacial score (nSPS) is 24.6. The van der Waals surface area contributed by atoms with Gasteiger partial charge in [-0.2, -0.15) is 0 Å². The molecule has 0 saturated heterocycles. The van der Waals surface area contributed by atoms with Crippen molar-refractivity contribution >= 4 is 21.7 Å². The van der Waals surface area contributed by atoms with Crippen LogP contribution in [0.3, 0.4) is 0 Å². The van der Waals surface area contributed by atoms with E-state index in [9.17, 15) is 9.18 Å². The van der Waals surface area contributed by atoms with Gasteiger partial charge in [-0.25, -0.2) is 4.39 Å². The maximum absolute atomic E-state index is 12.8. The fourth-order valence-electron chi connectivity index (χ4n) is 2.59. The number of hydrogen-bond donors (Lipinski definition) is 0. The number of alkyl halides is 1. The number of benzene rings is 1. The molecule has 1 aliphatic carbocycles. The lowest BCUT2D eigenvalue weighted by molar-refractivity contribution is -0.121. The van der Waals surface area contributed by atoms with Gasteiger partial charge >= 0.3 is 0 Å². The zero-order valence-corrected chi connectivity index (χ0v) is 11.2. The SMILES string of the molecule is O=C(CBr)C1CCC(c2ccc(F)cc2)CC1. The molecule has 0 spiro atoms. The number of Topliss-reactive ketones (excluding diaryl/α,β-unsaturated/α-hetero) is 1. The largest absolute Gasteiger partial charge is 0.298 e. The average Bonchev–Trinajstić information content (AvgIpc) is 2.39. The van der Waals surface area contributed by atoms with Crippen LogP contribution in [-0.2, 0) is 4.79 Å². The van der Waals surface area contributed by atoms with Crippen LogP contribution < -0.4 is 0 Å². The van der Waals surface area contributed by atoms with Gasteiger partial charge in [0.05, 0.1) is 5.33 Å². The van der Waals surface area contributed by atoms with E-state index in [0.717, 1.165) is 25.7 Å². The zero-order chi connectivity index (χ0) is 12.3. The van der Waals surface area contributed by atoms with E-state index in [1.165, 1.54) is 17.7 Å². The molecule has 0 aromatic heterocycles. The van der Waals surface area contributed by atoms with Crippen molar-refractivity contribution in [2.45, 2.75) is 31.6 Å². The summed E-state index contributed by atoms with van der Waals surface area (Å²) in [5, 5.41) is 0.471. The molecule has 17 heavy (non-hydrogen) atoms. The van der Waals surface area contributed by atoms with Crippen molar-refractivity contribution in [1.29, 1.82) is 0 Å². The van der Waals surface area contributed by atoms with Crippen LogP contribution in [0.4, 0.5) is 4.39 Å². The van der Waals surface area contributed by atoms with E-state index in [2.05, 4.69) is 15.9 Å². The summed E-state index contributed by atoms with van der Waals surface area (Å²) in [5.41, 5.74) is 1.20. The molecular formula is C14H16BrFO. The Morgan fingerprint density at radius 1 is 1.18 bits per heavy atom. The fourth-order valence-corrected chi connectivity index (χ4v) is 3.05. The molecule has 0 atom stereocenters. The molecule has 1 fully saturated rings. The molecule has 1 aliphatic rings. The summed E-state index contributed by atoms with van der Waals surface area (Å²) in [4.78, 5) is 11.6. The Bertz CT molecular complexity index is 380. The molecule has 0 aliphatic heterocycles. The van der Waals surface area contributed by atoms with E-state index in [-0.39, 0.29) is 11.7 Å². The standard InChI is InChI=1S/C14H16BrFO/c15-9-14(17)12-3-1-10(2-4-12)11-5-7-13(16)8-6-11/h5-8,10,12H,1-4,9H2. The third-order valence-electron chi connectivity index (χ3n) is 3.66. The summed E-state index contributed by atoms with van der Waals surface area (Å²) in [7, 11) is 0. The van der Waals surface area contributed by atoms with E-state index in [1.54, 1.807) is 0 Å². The van der Waals surface area contributed by atoms with Crippen LogP contribution >= 0.6 is 15.9 Å². The van der Waals surface area contributed by atoms with Crippen LogP contribution in [0.25, 0.3) is 0 Å². The Labute approximate surface area is 110 Å². The molecule has 2 rings (SSSR count). The topological polar surface area (TPSA) is 17.1 Å². The van der Waals surface area contributed by atoms with Crippen molar-refractivity contribution in [2.75, 3.05) is 5.33 Å². The number of hydrogen-bond acceptors (Lipinski definition) is 1. The monoisotopic (exact) mass is 298 g/mol. The zero-order valence-electron chi connectivity index (χ0n) is 9.66. The first-order valence-electron chi connectivity index (χ1n) is 6.05. The van der Waals surface area contributed by atoms with Crippen LogP contribution in [0, 0.1) is 11.7 Å². The highest BCUT2D eigenvalue weighted by atomic mass is 79.9. The first-order chi connectivity index (χ1) is 8.20. The summed E-state index contributed by atoms with van der Waals surface area (Å²) in [6.07, 6.45) is 4.00. The first kappa shape index (κ1) is 12.7. The Balaban J connectivity index is 1.95. The summed E-state index contributed by atoms with van der Waals surface area (Å²) >= 11 is 3.23. The van der Waals surface area contributed by atoms with Crippen LogP contribution in [0.1, 0.15) is 37.2 Å². The van der Waals surface area contributed by atoms with Gasteiger partial charge in [0, 0.05) is 5.92 Å². The molecule has 92 valence electrons. The fraction of sp³-hybridized carbons (Fsp3) is 0.500. The molecule has 0 radical (unpaired) electrons. The number of rotatable bonds is 3. The highest BCUT2D eigenvalue weighted by molar-refractivity contribution is 9.09. The minimum atomic E-state index is -0.183. The lowest BCUT2D eigenvalue weighted by Crippen LogP contribution is -2.21. The summed E-state index contributed by atoms with van der Waals surface area (Å²) < 4.78 is 12.8. The maximum atomic E-state index is 12.8. The van der Waals surface area contributed by atoms with Crippen molar-refractivity contribution < 1.29 is 9.18 Å². The highest BCUT2D eigenvalue weighted by Crippen LogP contribution is 2.36. The molecule has 1 saturated carbocycles. The minimum absolute atomic E-state index is 0.183. The van der Waals surface area contributed by atoms with Crippen LogP contribution in [-0.4, -0.2) is 11.1 Å². The minimum Gasteiger partial charge on any atom is -0.298 e. The van der Waals surface area contributed by atoms with Crippen LogP contribution in [0.15, 0.2) is 24.3 Å². The Kier molecular flexibility index (Phi) is 4.32. The molecule has 0 bridgehead atoms. The number of halogens is 2. The molecule has 0 heterocycles. The maximum Gasteiger partial charge on any atom is 0.146 e. The van der Waals surface area contributed by atoms with Crippen molar-refractivity contribution in [3.63, 3.8) is 0 Å². The summed E-state index contributed by atoms with van der Waals surface area (Å²) in [6, 6.07) is 6.77. The summed E-state index contributed by atoms with van der Waals surface area (Å²) in [6.45, 7) is 0. The molecule has 0 unspecified atom stereocenters. The van der Waals surface area contributed by atoms with E-state index >= 15 is 0 Å². The molecule has 1 aromatic carbocycles. The lowest BCUT2D eigenvalue weighted by atomic mass is 9.77. The van der Waals surface area contributed by atoms with E-state index in [0.29, 0.717) is 17.0 Å². The van der Waals surface area contributed by atoms with Gasteiger partial charge in [0.15, 0.2) is 0 Å². The average molecular weight is 299 g/mol. The van der Waals surface area contributed by atoms with Crippen LogP contribution in [0.2, 0.25) is 0 Å². The van der Waals surface area contributed by atoms with E-state index in [1.807, 2.05) is 12.1 Å². The second-order valence-corrected chi connectivity index (χ2v) is 5.26. The highest BCUT2D eigenvalue weighted by Gasteiger charge is 2.26. The van der Waals surface area contributed by atoms with Gasteiger partial charge < -0.3 is 0 Å².